The van der Waals surface area contributed by atoms with Gasteiger partial charge >= 0.3 is 5.97 Å². The van der Waals surface area contributed by atoms with Crippen LogP contribution in [0.4, 0.5) is 4.39 Å². The maximum absolute atomic E-state index is 13.8. The standard InChI is InChI=1S/C13H13BrFNO4/c14-8-1-2-10(11(15)5-8)13(19)16-3-4-20-7-9(16)6-12(17)18/h1-2,5,9H,3-4,6-7H2,(H,17,18). The Bertz CT molecular complexity index is 537. The van der Waals surface area contributed by atoms with Crippen LogP contribution in [0.3, 0.4) is 0 Å². The van der Waals surface area contributed by atoms with Gasteiger partial charge in [0.1, 0.15) is 5.82 Å². The number of halogens is 2. The van der Waals surface area contributed by atoms with E-state index in [2.05, 4.69) is 15.9 Å². The van der Waals surface area contributed by atoms with Crippen LogP contribution in [0.25, 0.3) is 0 Å². The molecule has 1 saturated heterocycles. The molecule has 2 rings (SSSR count). The van der Waals surface area contributed by atoms with Crippen molar-refractivity contribution in [2.75, 3.05) is 19.8 Å². The molecule has 0 aromatic heterocycles. The molecule has 1 atom stereocenters. The first kappa shape index (κ1) is 14.9. The van der Waals surface area contributed by atoms with Crippen molar-refractivity contribution in [3.63, 3.8) is 0 Å². The van der Waals surface area contributed by atoms with Gasteiger partial charge in [-0.25, -0.2) is 4.39 Å². The third-order valence-electron chi connectivity index (χ3n) is 3.06. The van der Waals surface area contributed by atoms with Crippen LogP contribution in [0, 0.1) is 5.82 Å². The number of carboxylic acids is 1. The summed E-state index contributed by atoms with van der Waals surface area (Å²) >= 11 is 3.12. The first-order valence-electron chi connectivity index (χ1n) is 6.04. The molecule has 0 saturated carbocycles. The van der Waals surface area contributed by atoms with E-state index in [-0.39, 0.29) is 25.1 Å². The van der Waals surface area contributed by atoms with E-state index in [1.807, 2.05) is 0 Å². The Hall–Kier alpha value is -1.47. The molecular formula is C13H13BrFNO4. The molecule has 1 aromatic carbocycles. The van der Waals surface area contributed by atoms with Gasteiger partial charge in [-0.05, 0) is 18.2 Å². The Morgan fingerprint density at radius 3 is 2.90 bits per heavy atom. The van der Waals surface area contributed by atoms with Gasteiger partial charge in [0.15, 0.2) is 0 Å². The van der Waals surface area contributed by atoms with E-state index in [1.54, 1.807) is 6.07 Å². The molecule has 7 heteroatoms. The average Bonchev–Trinajstić information content (AvgIpc) is 2.38. The number of carbonyl (C=O) groups excluding carboxylic acids is 1. The van der Waals surface area contributed by atoms with Crippen molar-refractivity contribution in [3.05, 3.63) is 34.1 Å². The third kappa shape index (κ3) is 3.34. The van der Waals surface area contributed by atoms with Gasteiger partial charge in [-0.1, -0.05) is 15.9 Å². The maximum atomic E-state index is 13.8. The van der Waals surface area contributed by atoms with Crippen molar-refractivity contribution in [1.29, 1.82) is 0 Å². The first-order chi connectivity index (χ1) is 9.49. The molecule has 108 valence electrons. The number of morpholine rings is 1. The minimum atomic E-state index is -1.02. The number of carboxylic acid groups (broad SMARTS) is 1. The topological polar surface area (TPSA) is 66.8 Å². The summed E-state index contributed by atoms with van der Waals surface area (Å²) in [5.74, 6) is -2.16. The predicted molar refractivity (Wildman–Crippen MR) is 72.0 cm³/mol. The summed E-state index contributed by atoms with van der Waals surface area (Å²) in [6, 6.07) is 3.59. The molecule has 20 heavy (non-hydrogen) atoms. The molecule has 0 bridgehead atoms. The summed E-state index contributed by atoms with van der Waals surface area (Å²) < 4.78 is 19.5. The molecule has 0 radical (unpaired) electrons. The number of rotatable bonds is 3. The molecule has 1 N–H and O–H groups in total. The molecule has 5 nitrogen and oxygen atoms in total. The molecule has 1 amide bonds. The monoisotopic (exact) mass is 345 g/mol. The summed E-state index contributed by atoms with van der Waals surface area (Å²) in [5.41, 5.74) is -0.0644. The Labute approximate surface area is 123 Å². The van der Waals surface area contributed by atoms with Crippen molar-refractivity contribution in [2.24, 2.45) is 0 Å². The van der Waals surface area contributed by atoms with E-state index >= 15 is 0 Å². The van der Waals surface area contributed by atoms with Gasteiger partial charge in [-0.3, -0.25) is 9.59 Å². The molecular weight excluding hydrogens is 333 g/mol. The highest BCUT2D eigenvalue weighted by Gasteiger charge is 2.30. The Morgan fingerprint density at radius 2 is 2.25 bits per heavy atom. The number of carbonyl (C=O) groups is 2. The van der Waals surface area contributed by atoms with Crippen molar-refractivity contribution >= 4 is 27.8 Å². The number of benzene rings is 1. The van der Waals surface area contributed by atoms with Gasteiger partial charge in [-0.2, -0.15) is 0 Å². The largest absolute Gasteiger partial charge is 0.481 e. The lowest BCUT2D eigenvalue weighted by Crippen LogP contribution is -2.49. The van der Waals surface area contributed by atoms with Gasteiger partial charge < -0.3 is 14.7 Å². The van der Waals surface area contributed by atoms with Gasteiger partial charge in [0.2, 0.25) is 0 Å². The van der Waals surface area contributed by atoms with Crippen molar-refractivity contribution < 1.29 is 23.8 Å². The molecule has 1 aliphatic rings. The lowest BCUT2D eigenvalue weighted by Gasteiger charge is -2.34. The minimum Gasteiger partial charge on any atom is -0.481 e. The Kier molecular flexibility index (Phi) is 4.72. The van der Waals surface area contributed by atoms with Gasteiger partial charge in [0.25, 0.3) is 5.91 Å². The Morgan fingerprint density at radius 1 is 1.50 bits per heavy atom. The van der Waals surface area contributed by atoms with Crippen LogP contribution in [-0.4, -0.2) is 47.7 Å². The van der Waals surface area contributed by atoms with Gasteiger partial charge in [0.05, 0.1) is 31.2 Å². The summed E-state index contributed by atoms with van der Waals surface area (Å²) in [7, 11) is 0. The van der Waals surface area contributed by atoms with Crippen LogP contribution in [-0.2, 0) is 9.53 Å². The van der Waals surface area contributed by atoms with E-state index < -0.39 is 23.7 Å². The zero-order valence-electron chi connectivity index (χ0n) is 10.5. The van der Waals surface area contributed by atoms with Crippen molar-refractivity contribution in [3.8, 4) is 0 Å². The van der Waals surface area contributed by atoms with Crippen molar-refractivity contribution in [1.82, 2.24) is 4.90 Å². The number of amides is 1. The fourth-order valence-corrected chi connectivity index (χ4v) is 2.44. The van der Waals surface area contributed by atoms with Gasteiger partial charge in [-0.15, -0.1) is 0 Å². The number of nitrogens with zero attached hydrogens (tertiary/aromatic N) is 1. The second-order valence-electron chi connectivity index (χ2n) is 4.45. The summed E-state index contributed by atoms with van der Waals surface area (Å²) in [6.45, 7) is 0.725. The zero-order valence-corrected chi connectivity index (χ0v) is 12.1. The summed E-state index contributed by atoms with van der Waals surface area (Å²) in [4.78, 5) is 24.5. The second kappa shape index (κ2) is 6.32. The Balaban J connectivity index is 2.22. The lowest BCUT2D eigenvalue weighted by molar-refractivity contribution is -0.139. The summed E-state index contributed by atoms with van der Waals surface area (Å²) in [6.07, 6.45) is -0.218. The fourth-order valence-electron chi connectivity index (χ4n) is 2.11. The lowest BCUT2D eigenvalue weighted by atomic mass is 10.1. The van der Waals surface area contributed by atoms with Crippen LogP contribution in [0.5, 0.6) is 0 Å². The SMILES string of the molecule is O=C(O)CC1COCCN1C(=O)c1ccc(Br)cc1F. The molecule has 1 fully saturated rings. The highest BCUT2D eigenvalue weighted by atomic mass is 79.9. The molecule has 1 heterocycles. The summed E-state index contributed by atoms with van der Waals surface area (Å²) in [5, 5.41) is 8.85. The highest BCUT2D eigenvalue weighted by Crippen LogP contribution is 2.20. The van der Waals surface area contributed by atoms with Crippen molar-refractivity contribution in [2.45, 2.75) is 12.5 Å². The molecule has 0 spiro atoms. The van der Waals surface area contributed by atoms with E-state index in [0.717, 1.165) is 0 Å². The number of hydrogen-bond donors (Lipinski definition) is 1. The maximum Gasteiger partial charge on any atom is 0.305 e. The number of hydrogen-bond acceptors (Lipinski definition) is 3. The quantitative estimate of drug-likeness (QED) is 0.908. The predicted octanol–water partition coefficient (Wildman–Crippen LogP) is 1.90. The molecule has 1 aromatic rings. The van der Waals surface area contributed by atoms with Crippen LogP contribution in [0.15, 0.2) is 22.7 Å². The van der Waals surface area contributed by atoms with Gasteiger partial charge in [0, 0.05) is 11.0 Å². The fraction of sp³-hybridized carbons (Fsp3) is 0.385. The smallest absolute Gasteiger partial charge is 0.305 e. The normalized spacial score (nSPS) is 18.9. The minimum absolute atomic E-state index is 0.0644. The zero-order chi connectivity index (χ0) is 14.7. The van der Waals surface area contributed by atoms with E-state index in [4.69, 9.17) is 9.84 Å². The second-order valence-corrected chi connectivity index (χ2v) is 5.36. The van der Waals surface area contributed by atoms with E-state index in [9.17, 15) is 14.0 Å². The van der Waals surface area contributed by atoms with Crippen LogP contribution in [0.2, 0.25) is 0 Å². The average molecular weight is 346 g/mol. The number of ether oxygens (including phenoxy) is 1. The van der Waals surface area contributed by atoms with Crippen LogP contribution in [0.1, 0.15) is 16.8 Å². The first-order valence-corrected chi connectivity index (χ1v) is 6.84. The highest BCUT2D eigenvalue weighted by molar-refractivity contribution is 9.10. The molecule has 1 unspecified atom stereocenters. The van der Waals surface area contributed by atoms with E-state index in [0.29, 0.717) is 11.1 Å². The molecule has 0 aliphatic carbocycles. The third-order valence-corrected chi connectivity index (χ3v) is 3.55. The van der Waals surface area contributed by atoms with Crippen LogP contribution < -0.4 is 0 Å². The van der Waals surface area contributed by atoms with Crippen LogP contribution >= 0.6 is 15.9 Å². The molecule has 1 aliphatic heterocycles. The number of aliphatic carboxylic acids is 1. The van der Waals surface area contributed by atoms with E-state index in [1.165, 1.54) is 17.0 Å².